The number of fused-ring (bicyclic) bond motifs is 1. The maximum atomic E-state index is 14.3. The molecule has 4 rings (SSSR count). The number of amides is 2. The van der Waals surface area contributed by atoms with Crippen LogP contribution in [-0.4, -0.2) is 35.9 Å². The molecule has 30 heavy (non-hydrogen) atoms. The zero-order valence-corrected chi connectivity index (χ0v) is 15.7. The van der Waals surface area contributed by atoms with E-state index < -0.39 is 52.4 Å². The number of methoxy groups -OCH3 is 1. The lowest BCUT2D eigenvalue weighted by Crippen LogP contribution is -2.44. The molecule has 2 aromatic rings. The predicted octanol–water partition coefficient (Wildman–Crippen LogP) is 1.73. The number of imide groups is 1. The first-order chi connectivity index (χ1) is 14.3. The van der Waals surface area contributed by atoms with Gasteiger partial charge in [-0.05, 0) is 17.7 Å². The molecule has 9 nitrogen and oxygen atoms in total. The Kier molecular flexibility index (Phi) is 4.78. The quantitative estimate of drug-likeness (QED) is 0.351. The molecule has 0 spiro atoms. The molecule has 0 aliphatic carbocycles. The first kappa shape index (κ1) is 19.6. The second kappa shape index (κ2) is 7.30. The number of rotatable bonds is 4. The molecule has 0 aromatic heterocycles. The molecule has 10 heteroatoms. The lowest BCUT2D eigenvalue weighted by atomic mass is 9.86. The third kappa shape index (κ3) is 2.92. The van der Waals surface area contributed by atoms with Crippen LogP contribution in [0, 0.1) is 27.8 Å². The molecular weight excluding hydrogens is 397 g/mol. The normalized spacial score (nSPS) is 25.3. The Morgan fingerprint density at radius 2 is 1.73 bits per heavy atom. The zero-order valence-electron chi connectivity index (χ0n) is 15.7. The fourth-order valence-corrected chi connectivity index (χ4v) is 4.13. The third-order valence-corrected chi connectivity index (χ3v) is 5.49. The number of nitro benzene ring substituents is 1. The number of benzene rings is 2. The van der Waals surface area contributed by atoms with Crippen molar-refractivity contribution in [1.82, 2.24) is 5.32 Å². The number of nitrogens with zero attached hydrogens (tertiary/aromatic N) is 2. The summed E-state index contributed by atoms with van der Waals surface area (Å²) >= 11 is 0. The minimum Gasteiger partial charge on any atom is -0.468 e. The summed E-state index contributed by atoms with van der Waals surface area (Å²) in [6.45, 7) is 0. The van der Waals surface area contributed by atoms with Gasteiger partial charge in [0.15, 0.2) is 0 Å². The fraction of sp³-hybridized carbons (Fsp3) is 0.250. The Bertz CT molecular complexity index is 1060. The summed E-state index contributed by atoms with van der Waals surface area (Å²) in [6.07, 6.45) is 0. The first-order valence-electron chi connectivity index (χ1n) is 9.05. The van der Waals surface area contributed by atoms with Gasteiger partial charge in [-0.3, -0.25) is 29.8 Å². The van der Waals surface area contributed by atoms with Crippen molar-refractivity contribution in [2.75, 3.05) is 12.0 Å². The van der Waals surface area contributed by atoms with Gasteiger partial charge in [-0.2, -0.15) is 0 Å². The molecule has 0 unspecified atom stereocenters. The molecule has 2 aliphatic heterocycles. The van der Waals surface area contributed by atoms with Crippen LogP contribution in [-0.2, 0) is 19.1 Å². The molecule has 2 heterocycles. The van der Waals surface area contributed by atoms with Gasteiger partial charge in [-0.1, -0.05) is 24.3 Å². The van der Waals surface area contributed by atoms with Crippen molar-refractivity contribution in [2.24, 2.45) is 11.8 Å². The van der Waals surface area contributed by atoms with E-state index in [0.29, 0.717) is 5.56 Å². The van der Waals surface area contributed by atoms with Crippen molar-refractivity contribution < 1.29 is 28.4 Å². The van der Waals surface area contributed by atoms with Crippen LogP contribution < -0.4 is 10.2 Å². The number of non-ortho nitro benzene ring substituents is 1. The minimum atomic E-state index is -1.12. The summed E-state index contributed by atoms with van der Waals surface area (Å²) in [5, 5.41) is 13.9. The molecule has 2 amide bonds. The number of nitro groups is 1. The highest BCUT2D eigenvalue weighted by molar-refractivity contribution is 6.23. The second-order valence-corrected chi connectivity index (χ2v) is 7.01. The third-order valence-electron chi connectivity index (χ3n) is 5.49. The van der Waals surface area contributed by atoms with Gasteiger partial charge in [-0.25, -0.2) is 9.29 Å². The average molecular weight is 413 g/mol. The van der Waals surface area contributed by atoms with Gasteiger partial charge in [0.25, 0.3) is 5.69 Å². The molecule has 154 valence electrons. The molecule has 0 saturated carbocycles. The van der Waals surface area contributed by atoms with Crippen molar-refractivity contribution in [2.45, 2.75) is 12.1 Å². The van der Waals surface area contributed by atoms with E-state index in [1.807, 2.05) is 0 Å². The molecular formula is C20H16FN3O6. The van der Waals surface area contributed by atoms with Crippen LogP contribution in [0.15, 0.2) is 48.5 Å². The summed E-state index contributed by atoms with van der Waals surface area (Å²) in [5.41, 5.74) is 0.158. The van der Waals surface area contributed by atoms with Crippen molar-refractivity contribution in [3.05, 3.63) is 70.0 Å². The number of hydrogen-bond acceptors (Lipinski definition) is 7. The molecule has 2 saturated heterocycles. The lowest BCUT2D eigenvalue weighted by Gasteiger charge is -2.22. The number of esters is 1. The molecule has 2 aliphatic rings. The van der Waals surface area contributed by atoms with Crippen molar-refractivity contribution in [1.29, 1.82) is 0 Å². The van der Waals surface area contributed by atoms with E-state index in [2.05, 4.69) is 5.32 Å². The van der Waals surface area contributed by atoms with Gasteiger partial charge in [-0.15, -0.1) is 0 Å². The van der Waals surface area contributed by atoms with E-state index in [4.69, 9.17) is 4.74 Å². The van der Waals surface area contributed by atoms with Gasteiger partial charge in [0.05, 0.1) is 29.6 Å². The Morgan fingerprint density at radius 1 is 1.10 bits per heavy atom. The molecule has 0 radical (unpaired) electrons. The number of ether oxygens (including phenoxy) is 1. The van der Waals surface area contributed by atoms with Gasteiger partial charge in [0.1, 0.15) is 11.9 Å². The topological polar surface area (TPSA) is 119 Å². The van der Waals surface area contributed by atoms with Gasteiger partial charge < -0.3 is 4.74 Å². The van der Waals surface area contributed by atoms with Gasteiger partial charge in [0, 0.05) is 18.2 Å². The molecule has 2 aromatic carbocycles. The fourth-order valence-electron chi connectivity index (χ4n) is 4.13. The van der Waals surface area contributed by atoms with E-state index in [0.717, 1.165) is 18.1 Å². The summed E-state index contributed by atoms with van der Waals surface area (Å²) < 4.78 is 19.1. The van der Waals surface area contributed by atoms with E-state index in [1.165, 1.54) is 42.5 Å². The SMILES string of the molecule is COC(=O)[C@@H]1N[C@H](c2ccc([N+](=O)[O-])cc2)[C@@H]2C(=O)N(c3ccccc3F)C(=O)[C@@H]21. The number of carbonyl (C=O) groups is 3. The number of halogens is 1. The van der Waals surface area contributed by atoms with Crippen LogP contribution in [0.2, 0.25) is 0 Å². The summed E-state index contributed by atoms with van der Waals surface area (Å²) in [6, 6.07) is 8.93. The summed E-state index contributed by atoms with van der Waals surface area (Å²) in [7, 11) is 1.16. The van der Waals surface area contributed by atoms with Crippen molar-refractivity contribution >= 4 is 29.2 Å². The van der Waals surface area contributed by atoms with Crippen LogP contribution >= 0.6 is 0 Å². The first-order valence-corrected chi connectivity index (χ1v) is 9.05. The lowest BCUT2D eigenvalue weighted by molar-refractivity contribution is -0.384. The molecule has 1 N–H and O–H groups in total. The Balaban J connectivity index is 1.77. The standard InChI is InChI=1S/C20H16FN3O6/c1-30-20(27)17-15-14(16(22-17)10-6-8-11(9-7-10)24(28)29)18(25)23(19(15)26)13-5-3-2-4-12(13)21/h2-9,14-17,22H,1H3/t14-,15+,16-,17-/m1/s1. The number of carbonyl (C=O) groups excluding carboxylic acids is 3. The highest BCUT2D eigenvalue weighted by Crippen LogP contribution is 2.46. The van der Waals surface area contributed by atoms with Crippen LogP contribution in [0.4, 0.5) is 15.8 Å². The molecule has 2 fully saturated rings. The van der Waals surface area contributed by atoms with E-state index in [1.54, 1.807) is 0 Å². The Labute approximate surface area is 169 Å². The average Bonchev–Trinajstić information content (AvgIpc) is 3.25. The van der Waals surface area contributed by atoms with E-state index in [-0.39, 0.29) is 11.4 Å². The van der Waals surface area contributed by atoms with Gasteiger partial charge in [0.2, 0.25) is 11.8 Å². The van der Waals surface area contributed by atoms with E-state index in [9.17, 15) is 28.9 Å². The predicted molar refractivity (Wildman–Crippen MR) is 101 cm³/mol. The van der Waals surface area contributed by atoms with Crippen LogP contribution in [0.5, 0.6) is 0 Å². The Morgan fingerprint density at radius 3 is 2.33 bits per heavy atom. The Hall–Kier alpha value is -3.66. The number of para-hydroxylation sites is 1. The largest absolute Gasteiger partial charge is 0.468 e. The molecule has 0 bridgehead atoms. The maximum Gasteiger partial charge on any atom is 0.323 e. The molecule has 4 atom stereocenters. The smallest absolute Gasteiger partial charge is 0.323 e. The van der Waals surface area contributed by atoms with Crippen LogP contribution in [0.1, 0.15) is 11.6 Å². The van der Waals surface area contributed by atoms with Crippen molar-refractivity contribution in [3.63, 3.8) is 0 Å². The second-order valence-electron chi connectivity index (χ2n) is 7.01. The number of nitrogens with one attached hydrogen (secondary N) is 1. The summed E-state index contributed by atoms with van der Waals surface area (Å²) in [4.78, 5) is 49.7. The highest BCUT2D eigenvalue weighted by atomic mass is 19.1. The number of hydrogen-bond donors (Lipinski definition) is 1. The maximum absolute atomic E-state index is 14.3. The van der Waals surface area contributed by atoms with Crippen molar-refractivity contribution in [3.8, 4) is 0 Å². The van der Waals surface area contributed by atoms with Gasteiger partial charge >= 0.3 is 5.97 Å². The zero-order chi connectivity index (χ0) is 21.6. The van der Waals surface area contributed by atoms with Crippen LogP contribution in [0.25, 0.3) is 0 Å². The number of anilines is 1. The highest BCUT2D eigenvalue weighted by Gasteiger charge is 2.61. The summed E-state index contributed by atoms with van der Waals surface area (Å²) in [5.74, 6) is -4.92. The monoisotopic (exact) mass is 413 g/mol. The van der Waals surface area contributed by atoms with E-state index >= 15 is 0 Å². The van der Waals surface area contributed by atoms with Crippen LogP contribution in [0.3, 0.4) is 0 Å². The minimum absolute atomic E-state index is 0.139.